The summed E-state index contributed by atoms with van der Waals surface area (Å²) >= 11 is 9.46. The molecule has 0 aliphatic rings. The number of benzene rings is 2. The maximum absolute atomic E-state index is 11.4. The minimum Gasteiger partial charge on any atom is -0.388 e. The summed E-state index contributed by atoms with van der Waals surface area (Å²) in [5, 5.41) is 10.8. The molecule has 1 unspecified atom stereocenters. The van der Waals surface area contributed by atoms with Crippen LogP contribution in [0, 0.1) is 0 Å². The van der Waals surface area contributed by atoms with Crippen molar-refractivity contribution in [3.05, 3.63) is 63.1 Å². The third-order valence-corrected chi connectivity index (χ3v) is 5.09. The van der Waals surface area contributed by atoms with Crippen molar-refractivity contribution >= 4 is 37.4 Å². The molecule has 1 N–H and O–H groups in total. The normalized spacial score (nSPS) is 13.1. The molecule has 1 atom stereocenters. The summed E-state index contributed by atoms with van der Waals surface area (Å²) in [5.74, 6) is 0. The first-order valence-corrected chi connectivity index (χ1v) is 9.25. The summed E-state index contributed by atoms with van der Waals surface area (Å²) in [5.41, 5.74) is 1.49. The van der Waals surface area contributed by atoms with Gasteiger partial charge in [-0.05, 0) is 35.4 Å². The van der Waals surface area contributed by atoms with Crippen molar-refractivity contribution in [3.63, 3.8) is 0 Å². The highest BCUT2D eigenvalue weighted by atomic mass is 79.9. The SMILES string of the molecule is CS(=O)(=O)c1ccc(C(O)Cc2ccc(Br)cc2Cl)cc1. The fraction of sp³-hybridized carbons (Fsp3) is 0.200. The van der Waals surface area contributed by atoms with Crippen molar-refractivity contribution in [2.45, 2.75) is 17.4 Å². The van der Waals surface area contributed by atoms with Crippen molar-refractivity contribution in [3.8, 4) is 0 Å². The quantitative estimate of drug-likeness (QED) is 0.866. The molecule has 2 rings (SSSR count). The Morgan fingerprint density at radius 2 is 1.81 bits per heavy atom. The highest BCUT2D eigenvalue weighted by molar-refractivity contribution is 9.10. The third-order valence-electron chi connectivity index (χ3n) is 3.12. The Labute approximate surface area is 137 Å². The lowest BCUT2D eigenvalue weighted by molar-refractivity contribution is 0.178. The standard InChI is InChI=1S/C15H14BrClO3S/c1-21(19,20)13-6-3-10(4-7-13)15(18)8-11-2-5-12(16)9-14(11)17/h2-7,9,15,18H,8H2,1H3. The van der Waals surface area contributed by atoms with E-state index in [4.69, 9.17) is 11.6 Å². The number of halogens is 2. The van der Waals surface area contributed by atoms with Gasteiger partial charge in [0.25, 0.3) is 0 Å². The fourth-order valence-corrected chi connectivity index (χ4v) is 3.33. The van der Waals surface area contributed by atoms with Crippen LogP contribution in [0.1, 0.15) is 17.2 Å². The van der Waals surface area contributed by atoms with Crippen LogP contribution in [0.15, 0.2) is 51.8 Å². The van der Waals surface area contributed by atoms with E-state index in [0.717, 1.165) is 16.3 Å². The molecule has 0 radical (unpaired) electrons. The molecule has 0 fully saturated rings. The van der Waals surface area contributed by atoms with Crippen LogP contribution in [-0.4, -0.2) is 19.8 Å². The van der Waals surface area contributed by atoms with E-state index in [1.807, 2.05) is 12.1 Å². The highest BCUT2D eigenvalue weighted by Gasteiger charge is 2.13. The van der Waals surface area contributed by atoms with Gasteiger partial charge in [-0.1, -0.05) is 45.7 Å². The number of aliphatic hydroxyl groups is 1. The molecule has 0 spiro atoms. The summed E-state index contributed by atoms with van der Waals surface area (Å²) in [4.78, 5) is 0.236. The van der Waals surface area contributed by atoms with Gasteiger partial charge >= 0.3 is 0 Å². The number of aliphatic hydroxyl groups excluding tert-OH is 1. The molecule has 3 nitrogen and oxygen atoms in total. The minimum atomic E-state index is -3.22. The predicted octanol–water partition coefficient (Wildman–Crippen LogP) is 3.78. The highest BCUT2D eigenvalue weighted by Crippen LogP contribution is 2.26. The molecule has 21 heavy (non-hydrogen) atoms. The van der Waals surface area contributed by atoms with Crippen molar-refractivity contribution < 1.29 is 13.5 Å². The molecule has 0 saturated heterocycles. The van der Waals surface area contributed by atoms with Crippen molar-refractivity contribution in [1.82, 2.24) is 0 Å². The zero-order chi connectivity index (χ0) is 15.6. The van der Waals surface area contributed by atoms with E-state index in [9.17, 15) is 13.5 Å². The maximum atomic E-state index is 11.4. The molecular formula is C15H14BrClO3S. The van der Waals surface area contributed by atoms with Gasteiger partial charge in [0.05, 0.1) is 11.0 Å². The van der Waals surface area contributed by atoms with E-state index in [2.05, 4.69) is 15.9 Å². The Morgan fingerprint density at radius 3 is 2.33 bits per heavy atom. The predicted molar refractivity (Wildman–Crippen MR) is 87.4 cm³/mol. The molecule has 0 saturated carbocycles. The summed E-state index contributed by atoms with van der Waals surface area (Å²) in [6.45, 7) is 0. The molecule has 2 aromatic rings. The van der Waals surface area contributed by atoms with Crippen molar-refractivity contribution in [2.75, 3.05) is 6.26 Å². The second kappa shape index (κ2) is 6.48. The summed E-state index contributed by atoms with van der Waals surface area (Å²) in [7, 11) is -3.22. The molecule has 0 bridgehead atoms. The smallest absolute Gasteiger partial charge is 0.175 e. The zero-order valence-electron chi connectivity index (χ0n) is 11.3. The van der Waals surface area contributed by atoms with Crippen molar-refractivity contribution in [2.24, 2.45) is 0 Å². The van der Waals surface area contributed by atoms with Gasteiger partial charge in [-0.25, -0.2) is 8.42 Å². The van der Waals surface area contributed by atoms with E-state index >= 15 is 0 Å². The van der Waals surface area contributed by atoms with Gasteiger partial charge in [0.1, 0.15) is 0 Å². The van der Waals surface area contributed by atoms with E-state index < -0.39 is 15.9 Å². The van der Waals surface area contributed by atoms with E-state index in [0.29, 0.717) is 17.0 Å². The van der Waals surface area contributed by atoms with Crippen LogP contribution in [0.25, 0.3) is 0 Å². The number of rotatable bonds is 4. The Kier molecular flexibility index (Phi) is 5.09. The molecule has 0 amide bonds. The van der Waals surface area contributed by atoms with Gasteiger partial charge in [-0.3, -0.25) is 0 Å². The summed E-state index contributed by atoms with van der Waals surface area (Å²) in [6.07, 6.45) is 0.780. The molecular weight excluding hydrogens is 376 g/mol. The average molecular weight is 390 g/mol. The lowest BCUT2D eigenvalue weighted by Gasteiger charge is -2.13. The Bertz CT molecular complexity index is 742. The first-order chi connectivity index (χ1) is 9.77. The van der Waals surface area contributed by atoms with Crippen LogP contribution in [0.4, 0.5) is 0 Å². The monoisotopic (exact) mass is 388 g/mol. The number of sulfone groups is 1. The van der Waals surface area contributed by atoms with Crippen LogP contribution in [0.2, 0.25) is 5.02 Å². The Hall–Kier alpha value is -0.880. The van der Waals surface area contributed by atoms with Gasteiger partial charge in [0.15, 0.2) is 9.84 Å². The number of hydrogen-bond donors (Lipinski definition) is 1. The van der Waals surface area contributed by atoms with Gasteiger partial charge in [-0.15, -0.1) is 0 Å². The summed E-state index contributed by atoms with van der Waals surface area (Å²) < 4.78 is 23.7. The zero-order valence-corrected chi connectivity index (χ0v) is 14.4. The molecule has 0 aromatic heterocycles. The fourth-order valence-electron chi connectivity index (χ4n) is 1.95. The van der Waals surface area contributed by atoms with E-state index in [1.165, 1.54) is 12.1 Å². The second-order valence-corrected chi connectivity index (χ2v) is 8.14. The molecule has 112 valence electrons. The largest absolute Gasteiger partial charge is 0.388 e. The van der Waals surface area contributed by atoms with Gasteiger partial charge < -0.3 is 5.11 Å². The maximum Gasteiger partial charge on any atom is 0.175 e. The van der Waals surface area contributed by atoms with E-state index in [-0.39, 0.29) is 4.90 Å². The van der Waals surface area contributed by atoms with Gasteiger partial charge in [-0.2, -0.15) is 0 Å². The van der Waals surface area contributed by atoms with E-state index in [1.54, 1.807) is 18.2 Å². The van der Waals surface area contributed by atoms with Gasteiger partial charge in [0, 0.05) is 22.2 Å². The van der Waals surface area contributed by atoms with Crippen LogP contribution in [-0.2, 0) is 16.3 Å². The Balaban J connectivity index is 2.18. The van der Waals surface area contributed by atoms with Gasteiger partial charge in [0.2, 0.25) is 0 Å². The van der Waals surface area contributed by atoms with Crippen LogP contribution in [0.5, 0.6) is 0 Å². The first-order valence-electron chi connectivity index (χ1n) is 6.19. The molecule has 6 heteroatoms. The topological polar surface area (TPSA) is 54.4 Å². The number of hydrogen-bond acceptors (Lipinski definition) is 3. The van der Waals surface area contributed by atoms with Crippen molar-refractivity contribution in [1.29, 1.82) is 0 Å². The van der Waals surface area contributed by atoms with Crippen LogP contribution in [0.3, 0.4) is 0 Å². The molecule has 0 aliphatic heterocycles. The third kappa shape index (κ3) is 4.30. The molecule has 2 aromatic carbocycles. The van der Waals surface area contributed by atoms with Crippen LogP contribution >= 0.6 is 27.5 Å². The molecule has 0 aliphatic carbocycles. The first kappa shape index (κ1) is 16.5. The lowest BCUT2D eigenvalue weighted by atomic mass is 10.0. The molecule has 0 heterocycles. The lowest BCUT2D eigenvalue weighted by Crippen LogP contribution is -2.03. The summed E-state index contributed by atoms with van der Waals surface area (Å²) in [6, 6.07) is 11.7. The Morgan fingerprint density at radius 1 is 1.19 bits per heavy atom. The minimum absolute atomic E-state index is 0.236. The second-order valence-electron chi connectivity index (χ2n) is 4.80. The average Bonchev–Trinajstić information content (AvgIpc) is 2.41. The van der Waals surface area contributed by atoms with Crippen LogP contribution < -0.4 is 0 Å².